The van der Waals surface area contributed by atoms with E-state index in [1.165, 1.54) is 6.33 Å². The van der Waals surface area contributed by atoms with Gasteiger partial charge in [0, 0.05) is 6.54 Å². The van der Waals surface area contributed by atoms with Crippen molar-refractivity contribution in [1.29, 1.82) is 0 Å². The lowest BCUT2D eigenvalue weighted by molar-refractivity contribution is 0.347. The van der Waals surface area contributed by atoms with Crippen molar-refractivity contribution in [1.82, 2.24) is 25.3 Å². The SMILES string of the molecule is CCCC(CN)c1nc(-c2ncn[nH]2)no1. The van der Waals surface area contributed by atoms with Gasteiger partial charge in [-0.3, -0.25) is 5.10 Å². The molecule has 0 amide bonds. The molecule has 2 heterocycles. The first-order valence-electron chi connectivity index (χ1n) is 5.24. The molecule has 1 atom stereocenters. The Bertz CT molecular complexity index is 423. The van der Waals surface area contributed by atoms with Crippen LogP contribution in [0.15, 0.2) is 10.9 Å². The van der Waals surface area contributed by atoms with Crippen LogP contribution < -0.4 is 5.73 Å². The molecular formula is C9H14N6O. The van der Waals surface area contributed by atoms with Gasteiger partial charge in [0.2, 0.25) is 11.7 Å². The zero-order valence-corrected chi connectivity index (χ0v) is 9.05. The van der Waals surface area contributed by atoms with E-state index in [-0.39, 0.29) is 5.92 Å². The van der Waals surface area contributed by atoms with E-state index < -0.39 is 0 Å². The first-order chi connectivity index (χ1) is 7.85. The molecule has 0 bridgehead atoms. The molecule has 2 aromatic heterocycles. The van der Waals surface area contributed by atoms with Gasteiger partial charge in [0.1, 0.15) is 6.33 Å². The van der Waals surface area contributed by atoms with E-state index in [9.17, 15) is 0 Å². The summed E-state index contributed by atoms with van der Waals surface area (Å²) in [5.74, 6) is 1.61. The van der Waals surface area contributed by atoms with Crippen LogP contribution in [-0.2, 0) is 0 Å². The fraction of sp³-hybridized carbons (Fsp3) is 0.556. The van der Waals surface area contributed by atoms with Gasteiger partial charge >= 0.3 is 0 Å². The number of nitrogens with one attached hydrogen (secondary N) is 1. The van der Waals surface area contributed by atoms with Gasteiger partial charge in [0.15, 0.2) is 5.82 Å². The van der Waals surface area contributed by atoms with Crippen molar-refractivity contribution < 1.29 is 4.52 Å². The molecule has 0 aromatic carbocycles. The van der Waals surface area contributed by atoms with E-state index in [2.05, 4.69) is 32.2 Å². The lowest BCUT2D eigenvalue weighted by Gasteiger charge is -2.06. The molecule has 0 aliphatic carbocycles. The zero-order chi connectivity index (χ0) is 11.4. The van der Waals surface area contributed by atoms with Crippen LogP contribution in [0, 0.1) is 0 Å². The Morgan fingerprint density at radius 2 is 2.44 bits per heavy atom. The maximum Gasteiger partial charge on any atom is 0.239 e. The number of H-pyrrole nitrogens is 1. The van der Waals surface area contributed by atoms with Gasteiger partial charge in [0.25, 0.3) is 0 Å². The van der Waals surface area contributed by atoms with Gasteiger partial charge in [-0.2, -0.15) is 10.1 Å². The third kappa shape index (κ3) is 2.08. The summed E-state index contributed by atoms with van der Waals surface area (Å²) in [7, 11) is 0. The number of nitrogens with two attached hydrogens (primary N) is 1. The summed E-state index contributed by atoms with van der Waals surface area (Å²) in [6, 6.07) is 0. The van der Waals surface area contributed by atoms with Gasteiger partial charge in [-0.15, -0.1) is 0 Å². The third-order valence-corrected chi connectivity index (χ3v) is 2.34. The van der Waals surface area contributed by atoms with E-state index in [0.29, 0.717) is 24.1 Å². The smallest absolute Gasteiger partial charge is 0.239 e. The third-order valence-electron chi connectivity index (χ3n) is 2.34. The van der Waals surface area contributed by atoms with Crippen molar-refractivity contribution in [3.05, 3.63) is 12.2 Å². The van der Waals surface area contributed by atoms with Crippen LogP contribution in [-0.4, -0.2) is 31.9 Å². The number of hydrogen-bond donors (Lipinski definition) is 2. The normalized spacial score (nSPS) is 12.9. The molecule has 1 unspecified atom stereocenters. The second kappa shape index (κ2) is 4.84. The Morgan fingerprint density at radius 1 is 1.56 bits per heavy atom. The Labute approximate surface area is 92.5 Å². The fourth-order valence-corrected chi connectivity index (χ4v) is 1.50. The van der Waals surface area contributed by atoms with Crippen LogP contribution in [0.1, 0.15) is 31.6 Å². The molecule has 0 saturated carbocycles. The van der Waals surface area contributed by atoms with Crippen molar-refractivity contribution in [3.63, 3.8) is 0 Å². The summed E-state index contributed by atoms with van der Waals surface area (Å²) >= 11 is 0. The summed E-state index contributed by atoms with van der Waals surface area (Å²) in [5.41, 5.74) is 5.66. The van der Waals surface area contributed by atoms with Gasteiger partial charge in [-0.05, 0) is 6.42 Å². The molecule has 0 fully saturated rings. The van der Waals surface area contributed by atoms with Crippen LogP contribution >= 0.6 is 0 Å². The highest BCUT2D eigenvalue weighted by Gasteiger charge is 2.18. The Balaban J connectivity index is 2.18. The molecule has 0 aliphatic heterocycles. The van der Waals surface area contributed by atoms with Crippen molar-refractivity contribution in [2.75, 3.05) is 6.54 Å². The molecule has 16 heavy (non-hydrogen) atoms. The van der Waals surface area contributed by atoms with Gasteiger partial charge < -0.3 is 10.3 Å². The fourth-order valence-electron chi connectivity index (χ4n) is 1.50. The zero-order valence-electron chi connectivity index (χ0n) is 9.05. The number of aromatic amines is 1. The summed E-state index contributed by atoms with van der Waals surface area (Å²) in [6.45, 7) is 2.60. The predicted molar refractivity (Wildman–Crippen MR) is 56.4 cm³/mol. The molecule has 3 N–H and O–H groups in total. The lowest BCUT2D eigenvalue weighted by Crippen LogP contribution is -2.12. The minimum Gasteiger partial charge on any atom is -0.339 e. The maximum absolute atomic E-state index is 5.66. The quantitative estimate of drug-likeness (QED) is 0.771. The molecule has 2 aromatic rings. The molecule has 7 heteroatoms. The molecular weight excluding hydrogens is 208 g/mol. The first kappa shape index (κ1) is 10.7. The Morgan fingerprint density at radius 3 is 3.06 bits per heavy atom. The van der Waals surface area contributed by atoms with E-state index in [1.54, 1.807) is 0 Å². The lowest BCUT2D eigenvalue weighted by atomic mass is 10.0. The highest BCUT2D eigenvalue weighted by atomic mass is 16.5. The molecule has 0 spiro atoms. The second-order valence-corrected chi connectivity index (χ2v) is 3.51. The summed E-state index contributed by atoms with van der Waals surface area (Å²) < 4.78 is 5.17. The minimum atomic E-state index is 0.120. The average molecular weight is 222 g/mol. The summed E-state index contributed by atoms with van der Waals surface area (Å²) in [5, 5.41) is 10.2. The van der Waals surface area contributed by atoms with Crippen molar-refractivity contribution in [3.8, 4) is 11.6 Å². The van der Waals surface area contributed by atoms with Crippen LogP contribution in [0.5, 0.6) is 0 Å². The Hall–Kier alpha value is -1.76. The van der Waals surface area contributed by atoms with Crippen LogP contribution in [0.25, 0.3) is 11.6 Å². The summed E-state index contributed by atoms with van der Waals surface area (Å²) in [6.07, 6.45) is 3.37. The minimum absolute atomic E-state index is 0.120. The standard InChI is InChI=1S/C9H14N6O/c1-2-3-6(4-10)9-13-8(15-16-9)7-11-5-12-14-7/h5-6H,2-4,10H2,1H3,(H,11,12,14). The van der Waals surface area contributed by atoms with E-state index in [4.69, 9.17) is 10.3 Å². The van der Waals surface area contributed by atoms with Crippen molar-refractivity contribution in [2.24, 2.45) is 5.73 Å². The van der Waals surface area contributed by atoms with E-state index >= 15 is 0 Å². The number of aromatic nitrogens is 5. The van der Waals surface area contributed by atoms with Crippen LogP contribution in [0.3, 0.4) is 0 Å². The molecule has 0 saturated heterocycles. The number of rotatable bonds is 5. The van der Waals surface area contributed by atoms with Gasteiger partial charge in [-0.1, -0.05) is 18.5 Å². The van der Waals surface area contributed by atoms with Crippen LogP contribution in [0.4, 0.5) is 0 Å². The topological polar surface area (TPSA) is 107 Å². The van der Waals surface area contributed by atoms with Crippen LogP contribution in [0.2, 0.25) is 0 Å². The van der Waals surface area contributed by atoms with Gasteiger partial charge in [0.05, 0.1) is 5.92 Å². The number of nitrogens with zero attached hydrogens (tertiary/aromatic N) is 4. The van der Waals surface area contributed by atoms with Gasteiger partial charge in [-0.25, -0.2) is 4.98 Å². The Kier molecular flexibility index (Phi) is 3.25. The molecule has 0 radical (unpaired) electrons. The molecule has 7 nitrogen and oxygen atoms in total. The van der Waals surface area contributed by atoms with E-state index in [0.717, 1.165) is 12.8 Å². The number of hydrogen-bond acceptors (Lipinski definition) is 6. The molecule has 2 rings (SSSR count). The molecule has 86 valence electrons. The maximum atomic E-state index is 5.66. The van der Waals surface area contributed by atoms with Crippen molar-refractivity contribution in [2.45, 2.75) is 25.7 Å². The van der Waals surface area contributed by atoms with E-state index in [1.807, 2.05) is 0 Å². The molecule has 0 aliphatic rings. The summed E-state index contributed by atoms with van der Waals surface area (Å²) in [4.78, 5) is 8.20. The largest absolute Gasteiger partial charge is 0.339 e. The predicted octanol–water partition coefficient (Wildman–Crippen LogP) is 0.697. The highest BCUT2D eigenvalue weighted by Crippen LogP contribution is 2.20. The monoisotopic (exact) mass is 222 g/mol. The van der Waals surface area contributed by atoms with Crippen molar-refractivity contribution >= 4 is 0 Å². The highest BCUT2D eigenvalue weighted by molar-refractivity contribution is 5.39. The first-order valence-corrected chi connectivity index (χ1v) is 5.24. The average Bonchev–Trinajstić information content (AvgIpc) is 2.95. The second-order valence-electron chi connectivity index (χ2n) is 3.51.